The minimum atomic E-state index is -0.338. The van der Waals surface area contributed by atoms with Crippen molar-refractivity contribution in [2.45, 2.75) is 11.2 Å². The van der Waals surface area contributed by atoms with Crippen LogP contribution in [0.1, 0.15) is 27.1 Å². The van der Waals surface area contributed by atoms with Crippen LogP contribution in [0.5, 0.6) is 0 Å². The van der Waals surface area contributed by atoms with Crippen LogP contribution >= 0.6 is 15.9 Å². The van der Waals surface area contributed by atoms with Crippen LogP contribution in [0, 0.1) is 0 Å². The summed E-state index contributed by atoms with van der Waals surface area (Å²) >= 11 is 3.19. The molecule has 1 aliphatic carbocycles. The van der Waals surface area contributed by atoms with Gasteiger partial charge in [-0.3, -0.25) is 9.59 Å². The molecule has 2 nitrogen and oxygen atoms in total. The first kappa shape index (κ1) is 8.63. The Morgan fingerprint density at radius 1 is 1.15 bits per heavy atom. The summed E-state index contributed by atoms with van der Waals surface area (Å²) in [5.74, 6) is 0.0484. The van der Waals surface area contributed by atoms with Crippen LogP contribution in [-0.2, 0) is 0 Å². The Kier molecular flexibility index (Phi) is 2.04. The number of hydrogen-bond donors (Lipinski definition) is 0. The van der Waals surface area contributed by atoms with Gasteiger partial charge in [0, 0.05) is 17.5 Å². The fourth-order valence-electron chi connectivity index (χ4n) is 1.48. The van der Waals surface area contributed by atoms with E-state index in [0.29, 0.717) is 11.1 Å². The lowest BCUT2D eigenvalue weighted by Gasteiger charge is -2.17. The predicted octanol–water partition coefficient (Wildman–Crippen LogP) is 2.22. The molecule has 1 aliphatic rings. The predicted molar refractivity (Wildman–Crippen MR) is 52.4 cm³/mol. The zero-order chi connectivity index (χ0) is 9.42. The maximum Gasteiger partial charge on any atom is 0.177 e. The molecule has 1 aromatic rings. The monoisotopic (exact) mass is 238 g/mol. The Labute approximate surface area is 84.1 Å². The van der Waals surface area contributed by atoms with Gasteiger partial charge in [0.2, 0.25) is 0 Å². The van der Waals surface area contributed by atoms with Crippen molar-refractivity contribution >= 4 is 27.5 Å². The fourth-order valence-corrected chi connectivity index (χ4v) is 2.02. The molecule has 0 aromatic heterocycles. The molecule has 3 heteroatoms. The second-order valence-corrected chi connectivity index (χ2v) is 4.11. The van der Waals surface area contributed by atoms with Crippen LogP contribution in [0.4, 0.5) is 0 Å². The van der Waals surface area contributed by atoms with Crippen molar-refractivity contribution in [1.29, 1.82) is 0 Å². The molecule has 1 atom stereocenters. The van der Waals surface area contributed by atoms with Crippen LogP contribution in [0.2, 0.25) is 0 Å². The van der Waals surface area contributed by atoms with Gasteiger partial charge in [-0.25, -0.2) is 0 Å². The van der Waals surface area contributed by atoms with Gasteiger partial charge in [0.25, 0.3) is 0 Å². The highest BCUT2D eigenvalue weighted by atomic mass is 79.9. The van der Waals surface area contributed by atoms with E-state index in [1.807, 2.05) is 0 Å². The van der Waals surface area contributed by atoms with E-state index in [0.717, 1.165) is 0 Å². The minimum Gasteiger partial charge on any atom is -0.294 e. The van der Waals surface area contributed by atoms with Crippen LogP contribution in [0.25, 0.3) is 0 Å². The molecule has 0 fully saturated rings. The highest BCUT2D eigenvalue weighted by molar-refractivity contribution is 9.10. The molecule has 2 rings (SSSR count). The summed E-state index contributed by atoms with van der Waals surface area (Å²) in [5, 5.41) is 0. The summed E-state index contributed by atoms with van der Waals surface area (Å²) in [5.41, 5.74) is 1.10. The first-order valence-corrected chi connectivity index (χ1v) is 4.92. The van der Waals surface area contributed by atoms with Gasteiger partial charge in [0.15, 0.2) is 11.6 Å². The first-order chi connectivity index (χ1) is 6.20. The van der Waals surface area contributed by atoms with Crippen LogP contribution < -0.4 is 0 Å². The average Bonchev–Trinajstić information content (AvgIpc) is 2.15. The summed E-state index contributed by atoms with van der Waals surface area (Å²) in [6, 6.07) is 6.95. The van der Waals surface area contributed by atoms with Crippen molar-refractivity contribution in [2.75, 3.05) is 0 Å². The molecular weight excluding hydrogens is 232 g/mol. The Morgan fingerprint density at radius 2 is 1.77 bits per heavy atom. The van der Waals surface area contributed by atoms with Gasteiger partial charge in [-0.15, -0.1) is 0 Å². The van der Waals surface area contributed by atoms with E-state index < -0.39 is 0 Å². The lowest BCUT2D eigenvalue weighted by molar-refractivity contribution is 0.0899. The molecule has 0 bridgehead atoms. The molecule has 0 saturated carbocycles. The lowest BCUT2D eigenvalue weighted by Crippen LogP contribution is -2.26. The molecule has 0 aliphatic heterocycles. The van der Waals surface area contributed by atoms with Crippen molar-refractivity contribution < 1.29 is 9.59 Å². The highest BCUT2D eigenvalue weighted by Gasteiger charge is 2.29. The van der Waals surface area contributed by atoms with Crippen molar-refractivity contribution in [3.8, 4) is 0 Å². The molecule has 13 heavy (non-hydrogen) atoms. The Hall–Kier alpha value is -0.960. The van der Waals surface area contributed by atoms with Crippen LogP contribution in [0.3, 0.4) is 0 Å². The number of fused-ring (bicyclic) bond motifs is 1. The molecule has 1 aromatic carbocycles. The van der Waals surface area contributed by atoms with E-state index in [1.54, 1.807) is 24.3 Å². The number of Topliss-reactive ketones (excluding diaryl/α,β-unsaturated/α-hetero) is 2. The normalized spacial score (nSPS) is 21.5. The van der Waals surface area contributed by atoms with Gasteiger partial charge in [-0.2, -0.15) is 0 Å². The van der Waals surface area contributed by atoms with E-state index in [-0.39, 0.29) is 22.8 Å². The largest absolute Gasteiger partial charge is 0.294 e. The highest BCUT2D eigenvalue weighted by Crippen LogP contribution is 2.25. The second-order valence-electron chi connectivity index (χ2n) is 3.00. The Balaban J connectivity index is 2.60. The average molecular weight is 239 g/mol. The summed E-state index contributed by atoms with van der Waals surface area (Å²) < 4.78 is 0. The number of alkyl halides is 1. The second kappa shape index (κ2) is 3.07. The summed E-state index contributed by atoms with van der Waals surface area (Å²) in [4.78, 5) is 22.7. The van der Waals surface area contributed by atoms with Crippen molar-refractivity contribution in [1.82, 2.24) is 0 Å². The molecule has 0 heterocycles. The lowest BCUT2D eigenvalue weighted by atomic mass is 9.90. The minimum absolute atomic E-state index is 0.00944. The zero-order valence-corrected chi connectivity index (χ0v) is 8.37. The van der Waals surface area contributed by atoms with Gasteiger partial charge in [0.05, 0.1) is 4.83 Å². The van der Waals surface area contributed by atoms with Gasteiger partial charge in [0.1, 0.15) is 0 Å². The topological polar surface area (TPSA) is 34.1 Å². The zero-order valence-electron chi connectivity index (χ0n) is 6.79. The van der Waals surface area contributed by atoms with E-state index in [1.165, 1.54) is 0 Å². The molecule has 0 saturated heterocycles. The standard InChI is InChI=1S/C10H7BrO2/c11-8-5-9(12)6-3-1-2-4-7(6)10(8)13/h1-4,8H,5H2. The smallest absolute Gasteiger partial charge is 0.177 e. The molecule has 0 spiro atoms. The third-order valence-corrected chi connectivity index (χ3v) is 2.88. The summed E-state index contributed by atoms with van der Waals surface area (Å²) in [6.07, 6.45) is 0.274. The van der Waals surface area contributed by atoms with Crippen molar-refractivity contribution in [2.24, 2.45) is 0 Å². The van der Waals surface area contributed by atoms with Crippen LogP contribution in [-0.4, -0.2) is 16.4 Å². The van der Waals surface area contributed by atoms with E-state index in [4.69, 9.17) is 0 Å². The summed E-state index contributed by atoms with van der Waals surface area (Å²) in [7, 11) is 0. The molecule has 0 radical (unpaired) electrons. The number of halogens is 1. The SMILES string of the molecule is O=C1CC(Br)C(=O)c2ccccc21. The quantitative estimate of drug-likeness (QED) is 0.650. The maximum atomic E-state index is 11.6. The van der Waals surface area contributed by atoms with Crippen LogP contribution in [0.15, 0.2) is 24.3 Å². The number of rotatable bonds is 0. The Morgan fingerprint density at radius 3 is 2.46 bits per heavy atom. The fraction of sp³-hybridized carbons (Fsp3) is 0.200. The van der Waals surface area contributed by atoms with Gasteiger partial charge < -0.3 is 0 Å². The number of carbonyl (C=O) groups is 2. The summed E-state index contributed by atoms with van der Waals surface area (Å²) in [6.45, 7) is 0. The van der Waals surface area contributed by atoms with Gasteiger partial charge in [-0.1, -0.05) is 40.2 Å². The Bertz CT molecular complexity index is 384. The van der Waals surface area contributed by atoms with Crippen molar-refractivity contribution in [3.63, 3.8) is 0 Å². The number of ketones is 2. The number of carbonyl (C=O) groups excluding carboxylic acids is 2. The molecule has 1 unspecified atom stereocenters. The third kappa shape index (κ3) is 1.33. The van der Waals surface area contributed by atoms with E-state index in [2.05, 4.69) is 15.9 Å². The number of hydrogen-bond acceptors (Lipinski definition) is 2. The molecule has 0 amide bonds. The van der Waals surface area contributed by atoms with E-state index in [9.17, 15) is 9.59 Å². The van der Waals surface area contributed by atoms with Gasteiger partial charge >= 0.3 is 0 Å². The van der Waals surface area contributed by atoms with Crippen molar-refractivity contribution in [3.05, 3.63) is 35.4 Å². The number of benzene rings is 1. The van der Waals surface area contributed by atoms with E-state index >= 15 is 0 Å². The van der Waals surface area contributed by atoms with Gasteiger partial charge in [-0.05, 0) is 0 Å². The molecule has 0 N–H and O–H groups in total. The molecule has 66 valence electrons. The molecular formula is C10H7BrO2. The first-order valence-electron chi connectivity index (χ1n) is 4.00. The third-order valence-electron chi connectivity index (χ3n) is 2.14. The maximum absolute atomic E-state index is 11.6.